The van der Waals surface area contributed by atoms with Crippen LogP contribution in [0.4, 0.5) is 0 Å². The number of ether oxygens (including phenoxy) is 1. The number of halogens is 1. The number of carbonyl (C=O) groups excluding carboxylic acids is 1. The molecule has 0 saturated carbocycles. The zero-order chi connectivity index (χ0) is 18.4. The first-order valence-electron chi connectivity index (χ1n) is 8.08. The van der Waals surface area contributed by atoms with Crippen LogP contribution in [0.25, 0.3) is 22.4 Å². The molecular formula is C18H18ClN5O2. The molecule has 0 bridgehead atoms. The highest BCUT2D eigenvalue weighted by molar-refractivity contribution is 6.30. The molecule has 0 spiro atoms. The van der Waals surface area contributed by atoms with Gasteiger partial charge in [0, 0.05) is 23.7 Å². The average molecular weight is 372 g/mol. The highest BCUT2D eigenvalue weighted by Gasteiger charge is 2.12. The van der Waals surface area contributed by atoms with Gasteiger partial charge in [0.15, 0.2) is 5.65 Å². The van der Waals surface area contributed by atoms with Crippen LogP contribution in [0, 0.1) is 0 Å². The first-order valence-corrected chi connectivity index (χ1v) is 8.46. The van der Waals surface area contributed by atoms with E-state index in [0.29, 0.717) is 37.0 Å². The van der Waals surface area contributed by atoms with Gasteiger partial charge in [0.2, 0.25) is 5.91 Å². The van der Waals surface area contributed by atoms with Crippen LogP contribution in [-0.2, 0) is 9.53 Å². The van der Waals surface area contributed by atoms with Crippen molar-refractivity contribution in [3.05, 3.63) is 54.6 Å². The number of hydrogen-bond acceptors (Lipinski definition) is 5. The topological polar surface area (TPSA) is 84.0 Å². The van der Waals surface area contributed by atoms with Crippen molar-refractivity contribution in [3.63, 3.8) is 0 Å². The SMILES string of the molecule is C=CC(=O)N1CCOCC1.Clc1cccc(-c2ncnc3nc[nH]c23)c1. The molecule has 0 aliphatic carbocycles. The maximum Gasteiger partial charge on any atom is 0.246 e. The predicted octanol–water partition coefficient (Wildman–Crippen LogP) is 2.70. The monoisotopic (exact) mass is 371 g/mol. The van der Waals surface area contributed by atoms with Gasteiger partial charge in [-0.15, -0.1) is 0 Å². The smallest absolute Gasteiger partial charge is 0.246 e. The lowest BCUT2D eigenvalue weighted by molar-refractivity contribution is -0.129. The van der Waals surface area contributed by atoms with Gasteiger partial charge in [0.25, 0.3) is 0 Å². The summed E-state index contributed by atoms with van der Waals surface area (Å²) in [6.07, 6.45) is 4.44. The number of nitrogens with one attached hydrogen (secondary N) is 1. The van der Waals surface area contributed by atoms with Crippen LogP contribution in [0.5, 0.6) is 0 Å². The van der Waals surface area contributed by atoms with E-state index in [1.54, 1.807) is 11.2 Å². The fourth-order valence-electron chi connectivity index (χ4n) is 2.53. The van der Waals surface area contributed by atoms with Crippen LogP contribution in [0.15, 0.2) is 49.6 Å². The molecule has 1 fully saturated rings. The quantitative estimate of drug-likeness (QED) is 0.700. The van der Waals surface area contributed by atoms with E-state index in [-0.39, 0.29) is 5.91 Å². The first kappa shape index (κ1) is 18.0. The third-order valence-corrected chi connectivity index (χ3v) is 4.05. The molecule has 0 unspecified atom stereocenters. The van der Waals surface area contributed by atoms with Crippen LogP contribution in [-0.4, -0.2) is 57.0 Å². The number of aromatic amines is 1. The molecule has 8 heteroatoms. The van der Waals surface area contributed by atoms with Crippen molar-refractivity contribution in [2.75, 3.05) is 26.3 Å². The lowest BCUT2D eigenvalue weighted by Crippen LogP contribution is -2.39. The number of benzene rings is 1. The second kappa shape index (κ2) is 8.55. The van der Waals surface area contributed by atoms with E-state index in [9.17, 15) is 4.79 Å². The summed E-state index contributed by atoms with van der Waals surface area (Å²) in [5, 5.41) is 0.684. The molecule has 7 nitrogen and oxygen atoms in total. The molecule has 1 N–H and O–H groups in total. The fraction of sp³-hybridized carbons (Fsp3) is 0.222. The summed E-state index contributed by atoms with van der Waals surface area (Å²) in [6.45, 7) is 6.11. The number of nitrogens with zero attached hydrogens (tertiary/aromatic N) is 4. The second-order valence-electron chi connectivity index (χ2n) is 5.48. The number of H-pyrrole nitrogens is 1. The molecule has 3 heterocycles. The molecule has 134 valence electrons. The minimum Gasteiger partial charge on any atom is -0.378 e. The highest BCUT2D eigenvalue weighted by atomic mass is 35.5. The molecule has 2 aromatic heterocycles. The lowest BCUT2D eigenvalue weighted by Gasteiger charge is -2.25. The van der Waals surface area contributed by atoms with Crippen molar-refractivity contribution < 1.29 is 9.53 Å². The van der Waals surface area contributed by atoms with Crippen LogP contribution < -0.4 is 0 Å². The van der Waals surface area contributed by atoms with Crippen molar-refractivity contribution in [1.82, 2.24) is 24.8 Å². The zero-order valence-electron chi connectivity index (χ0n) is 14.1. The normalized spacial score (nSPS) is 13.8. The van der Waals surface area contributed by atoms with Crippen molar-refractivity contribution in [2.24, 2.45) is 0 Å². The zero-order valence-corrected chi connectivity index (χ0v) is 14.8. The Hall–Kier alpha value is -2.77. The number of amides is 1. The number of fused-ring (bicyclic) bond motifs is 1. The molecule has 0 atom stereocenters. The van der Waals surface area contributed by atoms with Crippen molar-refractivity contribution in [2.45, 2.75) is 0 Å². The number of imidazole rings is 1. The largest absolute Gasteiger partial charge is 0.378 e. The van der Waals surface area contributed by atoms with Gasteiger partial charge in [0.1, 0.15) is 11.8 Å². The maximum atomic E-state index is 10.9. The molecule has 1 saturated heterocycles. The van der Waals surface area contributed by atoms with Crippen LogP contribution in [0.2, 0.25) is 5.02 Å². The molecule has 1 aliphatic heterocycles. The Kier molecular flexibility index (Phi) is 5.93. The number of hydrogen-bond donors (Lipinski definition) is 1. The van der Waals surface area contributed by atoms with Gasteiger partial charge in [0.05, 0.1) is 25.2 Å². The van der Waals surface area contributed by atoms with E-state index >= 15 is 0 Å². The summed E-state index contributed by atoms with van der Waals surface area (Å²) >= 11 is 5.95. The molecule has 26 heavy (non-hydrogen) atoms. The number of carbonyl (C=O) groups is 1. The molecule has 3 aromatic rings. The van der Waals surface area contributed by atoms with Crippen molar-refractivity contribution in [1.29, 1.82) is 0 Å². The third-order valence-electron chi connectivity index (χ3n) is 3.82. The third kappa shape index (κ3) is 4.25. The summed E-state index contributed by atoms with van der Waals surface area (Å²) in [5.74, 6) is 0.00306. The molecule has 1 amide bonds. The minimum atomic E-state index is 0.00306. The highest BCUT2D eigenvalue weighted by Crippen LogP contribution is 2.24. The Balaban J connectivity index is 0.000000170. The molecule has 4 rings (SSSR count). The minimum absolute atomic E-state index is 0.00306. The standard InChI is InChI=1S/C11H7ClN4.C7H11NO2/c12-8-3-1-2-7(4-8)9-10-11(15-5-13-9)16-6-14-10;1-2-7(9)8-3-5-10-6-4-8/h1-6H,(H,13,14,15,16);2H,1,3-6H2. The van der Waals surface area contributed by atoms with Gasteiger partial charge < -0.3 is 14.6 Å². The summed E-state index contributed by atoms with van der Waals surface area (Å²) in [6, 6.07) is 7.54. The first-order chi connectivity index (χ1) is 12.7. The number of morpholine rings is 1. The van der Waals surface area contributed by atoms with Gasteiger partial charge in [-0.1, -0.05) is 30.3 Å². The molecule has 1 aliphatic rings. The van der Waals surface area contributed by atoms with Gasteiger partial charge in [-0.3, -0.25) is 4.79 Å². The number of aromatic nitrogens is 4. The Bertz CT molecular complexity index is 905. The Morgan fingerprint density at radius 1 is 1.27 bits per heavy atom. The number of rotatable bonds is 2. The average Bonchev–Trinajstić information content (AvgIpc) is 3.17. The van der Waals surface area contributed by atoms with Gasteiger partial charge in [-0.2, -0.15) is 0 Å². The summed E-state index contributed by atoms with van der Waals surface area (Å²) < 4.78 is 5.07. The van der Waals surface area contributed by atoms with Gasteiger partial charge >= 0.3 is 0 Å². The molecule has 1 aromatic carbocycles. The summed E-state index contributed by atoms with van der Waals surface area (Å²) in [5.41, 5.74) is 3.24. The lowest BCUT2D eigenvalue weighted by atomic mass is 10.1. The van der Waals surface area contributed by atoms with E-state index in [2.05, 4.69) is 26.5 Å². The van der Waals surface area contributed by atoms with E-state index in [1.807, 2.05) is 24.3 Å². The van der Waals surface area contributed by atoms with Crippen molar-refractivity contribution in [3.8, 4) is 11.3 Å². The van der Waals surface area contributed by atoms with Crippen molar-refractivity contribution >= 4 is 28.7 Å². The second-order valence-corrected chi connectivity index (χ2v) is 5.91. The van der Waals surface area contributed by atoms with E-state index < -0.39 is 0 Å². The van der Waals surface area contributed by atoms with Gasteiger partial charge in [-0.25, -0.2) is 15.0 Å². The maximum absolute atomic E-state index is 10.9. The van der Waals surface area contributed by atoms with E-state index in [0.717, 1.165) is 16.8 Å². The summed E-state index contributed by atoms with van der Waals surface area (Å²) in [7, 11) is 0. The Morgan fingerprint density at radius 2 is 2.08 bits per heavy atom. The molecule has 0 radical (unpaired) electrons. The van der Waals surface area contributed by atoms with Crippen LogP contribution >= 0.6 is 11.6 Å². The van der Waals surface area contributed by atoms with E-state index in [1.165, 1.54) is 12.4 Å². The van der Waals surface area contributed by atoms with Crippen LogP contribution in [0.1, 0.15) is 0 Å². The Morgan fingerprint density at radius 3 is 2.81 bits per heavy atom. The van der Waals surface area contributed by atoms with E-state index in [4.69, 9.17) is 16.3 Å². The Labute approximate surface area is 155 Å². The van der Waals surface area contributed by atoms with Crippen LogP contribution in [0.3, 0.4) is 0 Å². The predicted molar refractivity (Wildman–Crippen MR) is 99.7 cm³/mol. The fourth-order valence-corrected chi connectivity index (χ4v) is 2.72. The summed E-state index contributed by atoms with van der Waals surface area (Å²) in [4.78, 5) is 28.1. The van der Waals surface area contributed by atoms with Gasteiger partial charge in [-0.05, 0) is 18.2 Å². The molecular weight excluding hydrogens is 354 g/mol.